The fourth-order valence-corrected chi connectivity index (χ4v) is 4.34. The van der Waals surface area contributed by atoms with Crippen LogP contribution in [-0.4, -0.2) is 74.7 Å². The van der Waals surface area contributed by atoms with Gasteiger partial charge in [-0.3, -0.25) is 9.69 Å². The van der Waals surface area contributed by atoms with Gasteiger partial charge in [-0.15, -0.1) is 0 Å². The Morgan fingerprint density at radius 3 is 2.33 bits per heavy atom. The molecule has 0 radical (unpaired) electrons. The standard InChI is InChI=1S/C28H34N4O4/c1-34-23-8-6-21(7-9-23)12-14-30-27-22(5-4-13-29-27)20-31-15-17-32(18-16-31)28(33)25-11-10-24(35-2)19-26(25)36-3/h4-11,13,19H,12,14-18,20H2,1-3H3,(H,29,30). The number of amides is 1. The Labute approximate surface area is 212 Å². The molecule has 4 rings (SSSR count). The zero-order chi connectivity index (χ0) is 25.3. The van der Waals surface area contributed by atoms with Crippen LogP contribution in [0.15, 0.2) is 60.8 Å². The summed E-state index contributed by atoms with van der Waals surface area (Å²) in [6, 6.07) is 17.5. The van der Waals surface area contributed by atoms with Gasteiger partial charge in [0.2, 0.25) is 0 Å². The average molecular weight is 491 g/mol. The van der Waals surface area contributed by atoms with Crippen molar-refractivity contribution in [2.45, 2.75) is 13.0 Å². The first-order valence-electron chi connectivity index (χ1n) is 12.2. The molecule has 2 heterocycles. The predicted octanol–water partition coefficient (Wildman–Crippen LogP) is 3.72. The minimum absolute atomic E-state index is 0.0172. The first-order valence-corrected chi connectivity index (χ1v) is 12.2. The van der Waals surface area contributed by atoms with Crippen molar-refractivity contribution in [1.29, 1.82) is 0 Å². The van der Waals surface area contributed by atoms with Crippen molar-refractivity contribution < 1.29 is 19.0 Å². The van der Waals surface area contributed by atoms with Crippen LogP contribution in [0.25, 0.3) is 0 Å². The summed E-state index contributed by atoms with van der Waals surface area (Å²) >= 11 is 0. The van der Waals surface area contributed by atoms with Crippen molar-refractivity contribution in [3.63, 3.8) is 0 Å². The smallest absolute Gasteiger partial charge is 0.257 e. The lowest BCUT2D eigenvalue weighted by Gasteiger charge is -2.35. The summed E-state index contributed by atoms with van der Waals surface area (Å²) in [6.07, 6.45) is 2.72. The Kier molecular flexibility index (Phi) is 8.62. The molecule has 1 N–H and O–H groups in total. The van der Waals surface area contributed by atoms with E-state index in [-0.39, 0.29) is 5.91 Å². The number of hydrogen-bond acceptors (Lipinski definition) is 7. The molecule has 8 nitrogen and oxygen atoms in total. The predicted molar refractivity (Wildman–Crippen MR) is 140 cm³/mol. The van der Waals surface area contributed by atoms with E-state index in [1.807, 2.05) is 29.3 Å². The molecule has 1 aliphatic rings. The minimum atomic E-state index is -0.0172. The molecule has 1 aromatic heterocycles. The number of methoxy groups -OCH3 is 3. The number of hydrogen-bond donors (Lipinski definition) is 1. The van der Waals surface area contributed by atoms with Gasteiger partial charge in [0.05, 0.1) is 26.9 Å². The van der Waals surface area contributed by atoms with Gasteiger partial charge in [-0.2, -0.15) is 0 Å². The van der Waals surface area contributed by atoms with Crippen LogP contribution in [-0.2, 0) is 13.0 Å². The number of piperazine rings is 1. The number of ether oxygens (including phenoxy) is 3. The quantitative estimate of drug-likeness (QED) is 0.464. The highest BCUT2D eigenvalue weighted by molar-refractivity contribution is 5.97. The van der Waals surface area contributed by atoms with Gasteiger partial charge >= 0.3 is 0 Å². The highest BCUT2D eigenvalue weighted by Crippen LogP contribution is 2.26. The summed E-state index contributed by atoms with van der Waals surface area (Å²) in [5.41, 5.74) is 2.96. The fourth-order valence-electron chi connectivity index (χ4n) is 4.34. The monoisotopic (exact) mass is 490 g/mol. The van der Waals surface area contributed by atoms with E-state index in [2.05, 4.69) is 33.4 Å². The third-order valence-electron chi connectivity index (χ3n) is 6.45. The van der Waals surface area contributed by atoms with Crippen molar-refractivity contribution in [1.82, 2.24) is 14.8 Å². The van der Waals surface area contributed by atoms with Crippen molar-refractivity contribution in [3.05, 3.63) is 77.5 Å². The largest absolute Gasteiger partial charge is 0.497 e. The number of anilines is 1. The molecule has 0 saturated carbocycles. The number of carbonyl (C=O) groups is 1. The first kappa shape index (κ1) is 25.3. The molecule has 0 atom stereocenters. The molecule has 2 aromatic carbocycles. The van der Waals surface area contributed by atoms with E-state index in [4.69, 9.17) is 14.2 Å². The summed E-state index contributed by atoms with van der Waals surface area (Å²) in [5, 5.41) is 3.49. The van der Waals surface area contributed by atoms with Crippen LogP contribution < -0.4 is 19.5 Å². The molecule has 190 valence electrons. The number of aromatic nitrogens is 1. The third kappa shape index (κ3) is 6.26. The summed E-state index contributed by atoms with van der Waals surface area (Å²) < 4.78 is 15.9. The number of pyridine rings is 1. The highest BCUT2D eigenvalue weighted by atomic mass is 16.5. The van der Waals surface area contributed by atoms with E-state index in [0.717, 1.165) is 49.7 Å². The lowest BCUT2D eigenvalue weighted by Crippen LogP contribution is -2.48. The molecule has 0 unspecified atom stereocenters. The molecule has 1 aliphatic heterocycles. The molecule has 3 aromatic rings. The van der Waals surface area contributed by atoms with Crippen molar-refractivity contribution in [3.8, 4) is 17.2 Å². The Morgan fingerprint density at radius 1 is 0.917 bits per heavy atom. The topological polar surface area (TPSA) is 76.2 Å². The van der Waals surface area contributed by atoms with Crippen LogP contribution in [0.4, 0.5) is 5.82 Å². The number of rotatable bonds is 10. The second-order valence-electron chi connectivity index (χ2n) is 8.67. The number of benzene rings is 2. The molecule has 1 amide bonds. The second-order valence-corrected chi connectivity index (χ2v) is 8.67. The molecule has 0 bridgehead atoms. The van der Waals surface area contributed by atoms with E-state index < -0.39 is 0 Å². The zero-order valence-electron chi connectivity index (χ0n) is 21.2. The molecule has 0 aliphatic carbocycles. The molecule has 1 saturated heterocycles. The Balaban J connectivity index is 1.30. The van der Waals surface area contributed by atoms with Gasteiger partial charge < -0.3 is 24.4 Å². The third-order valence-corrected chi connectivity index (χ3v) is 6.45. The Hall–Kier alpha value is -3.78. The van der Waals surface area contributed by atoms with Gasteiger partial charge in [0.1, 0.15) is 23.1 Å². The number of nitrogens with zero attached hydrogens (tertiary/aromatic N) is 3. The maximum absolute atomic E-state index is 13.1. The second kappa shape index (κ2) is 12.3. The Morgan fingerprint density at radius 2 is 1.64 bits per heavy atom. The summed E-state index contributed by atoms with van der Waals surface area (Å²) in [5.74, 6) is 2.95. The minimum Gasteiger partial charge on any atom is -0.497 e. The van der Waals surface area contributed by atoms with Gasteiger partial charge in [0.25, 0.3) is 5.91 Å². The van der Waals surface area contributed by atoms with Crippen LogP contribution in [0.3, 0.4) is 0 Å². The molecular formula is C28H34N4O4. The first-order chi connectivity index (χ1) is 17.6. The summed E-state index contributed by atoms with van der Waals surface area (Å²) in [6.45, 7) is 4.49. The molecule has 36 heavy (non-hydrogen) atoms. The molecule has 8 heteroatoms. The molecule has 0 spiro atoms. The van der Waals surface area contributed by atoms with E-state index in [1.165, 1.54) is 5.56 Å². The zero-order valence-corrected chi connectivity index (χ0v) is 21.2. The van der Waals surface area contributed by atoms with E-state index >= 15 is 0 Å². The van der Waals surface area contributed by atoms with Crippen molar-refractivity contribution in [2.24, 2.45) is 0 Å². The molecular weight excluding hydrogens is 456 g/mol. The SMILES string of the molecule is COc1ccc(CCNc2ncccc2CN2CCN(C(=O)c3ccc(OC)cc3OC)CC2)cc1. The maximum Gasteiger partial charge on any atom is 0.257 e. The van der Waals surface area contributed by atoms with Crippen LogP contribution in [0.1, 0.15) is 21.5 Å². The van der Waals surface area contributed by atoms with Crippen LogP contribution in [0, 0.1) is 0 Å². The van der Waals surface area contributed by atoms with Crippen LogP contribution in [0.5, 0.6) is 17.2 Å². The van der Waals surface area contributed by atoms with Gasteiger partial charge in [0, 0.05) is 57.1 Å². The lowest BCUT2D eigenvalue weighted by molar-refractivity contribution is 0.0625. The van der Waals surface area contributed by atoms with Gasteiger partial charge in [-0.05, 0) is 42.3 Å². The van der Waals surface area contributed by atoms with Crippen molar-refractivity contribution in [2.75, 3.05) is 59.4 Å². The van der Waals surface area contributed by atoms with Crippen LogP contribution in [0.2, 0.25) is 0 Å². The lowest BCUT2D eigenvalue weighted by atomic mass is 10.1. The van der Waals surface area contributed by atoms with Gasteiger partial charge in [-0.25, -0.2) is 4.98 Å². The summed E-state index contributed by atoms with van der Waals surface area (Å²) in [4.78, 5) is 21.9. The normalized spacial score (nSPS) is 13.8. The number of carbonyl (C=O) groups excluding carboxylic acids is 1. The van der Waals surface area contributed by atoms with E-state index in [9.17, 15) is 4.79 Å². The highest BCUT2D eigenvalue weighted by Gasteiger charge is 2.25. The Bertz CT molecular complexity index is 1140. The van der Waals surface area contributed by atoms with E-state index in [0.29, 0.717) is 30.2 Å². The van der Waals surface area contributed by atoms with Crippen LogP contribution >= 0.6 is 0 Å². The molecule has 1 fully saturated rings. The number of nitrogens with one attached hydrogen (secondary N) is 1. The van der Waals surface area contributed by atoms with Gasteiger partial charge in [0.15, 0.2) is 0 Å². The summed E-state index contributed by atoms with van der Waals surface area (Å²) in [7, 11) is 4.84. The average Bonchev–Trinajstić information content (AvgIpc) is 2.94. The maximum atomic E-state index is 13.1. The van der Waals surface area contributed by atoms with Gasteiger partial charge in [-0.1, -0.05) is 18.2 Å². The van der Waals surface area contributed by atoms with Crippen molar-refractivity contribution >= 4 is 11.7 Å². The van der Waals surface area contributed by atoms with E-state index in [1.54, 1.807) is 39.5 Å². The fraction of sp³-hybridized carbons (Fsp3) is 0.357.